The Balaban J connectivity index is 2.00. The maximum Gasteiger partial charge on any atom is 0.198 e. The average molecular weight is 457 g/mol. The maximum atomic E-state index is 5.98. The van der Waals surface area contributed by atoms with Crippen LogP contribution in [0.15, 0.2) is 78.9 Å². The van der Waals surface area contributed by atoms with Crippen LogP contribution < -0.4 is 15.9 Å². The molecule has 0 aliphatic heterocycles. The van der Waals surface area contributed by atoms with E-state index in [9.17, 15) is 0 Å². The van der Waals surface area contributed by atoms with Crippen LogP contribution in [0.2, 0.25) is 0 Å². The molecular formula is C30H33O2P. The number of benzene rings is 3. The molecule has 0 heterocycles. The minimum atomic E-state index is -0.784. The average Bonchev–Trinajstić information content (AvgIpc) is 2.78. The van der Waals surface area contributed by atoms with Crippen molar-refractivity contribution in [3.8, 4) is 0 Å². The summed E-state index contributed by atoms with van der Waals surface area (Å²) in [6, 6.07) is 22.7. The molecule has 0 spiro atoms. The molecule has 4 rings (SSSR count). The monoisotopic (exact) mass is 456 g/mol. The molecule has 3 aromatic rings. The van der Waals surface area contributed by atoms with Gasteiger partial charge in [-0.3, -0.25) is 0 Å². The highest BCUT2D eigenvalue weighted by Gasteiger charge is 2.37. The zero-order valence-corrected chi connectivity index (χ0v) is 21.4. The smallest absolute Gasteiger partial charge is 0.198 e. The van der Waals surface area contributed by atoms with E-state index in [2.05, 4.69) is 107 Å². The molecule has 1 aliphatic rings. The summed E-state index contributed by atoms with van der Waals surface area (Å²) in [5.74, 6) is -0.781. The zero-order chi connectivity index (χ0) is 23.6. The Bertz CT molecular complexity index is 1130. The summed E-state index contributed by atoms with van der Waals surface area (Å²) < 4.78 is 12.0. The lowest BCUT2D eigenvalue weighted by atomic mass is 9.91. The molecule has 0 N–H and O–H groups in total. The van der Waals surface area contributed by atoms with Gasteiger partial charge in [-0.15, -0.1) is 0 Å². The third kappa shape index (κ3) is 4.75. The Labute approximate surface area is 199 Å². The molecule has 0 bridgehead atoms. The van der Waals surface area contributed by atoms with Crippen molar-refractivity contribution in [2.45, 2.75) is 39.9 Å². The van der Waals surface area contributed by atoms with Gasteiger partial charge in [0.1, 0.15) is 0 Å². The first-order chi connectivity index (χ1) is 15.9. The van der Waals surface area contributed by atoms with Gasteiger partial charge < -0.3 is 9.47 Å². The fraction of sp³-hybridized carbons (Fsp3) is 0.267. The van der Waals surface area contributed by atoms with Crippen molar-refractivity contribution in [1.29, 1.82) is 0 Å². The molecule has 0 fully saturated rings. The molecule has 0 saturated carbocycles. The van der Waals surface area contributed by atoms with E-state index >= 15 is 0 Å². The van der Waals surface area contributed by atoms with E-state index < -0.39 is 13.7 Å². The minimum absolute atomic E-state index is 0.686. The molecule has 2 nitrogen and oxygen atoms in total. The lowest BCUT2D eigenvalue weighted by Gasteiger charge is -2.36. The first-order valence-corrected chi connectivity index (χ1v) is 12.7. The minimum Gasteiger partial charge on any atom is -0.349 e. The van der Waals surface area contributed by atoms with Crippen molar-refractivity contribution in [3.05, 3.63) is 107 Å². The van der Waals surface area contributed by atoms with Crippen molar-refractivity contribution >= 4 is 29.4 Å². The van der Waals surface area contributed by atoms with Gasteiger partial charge in [0.25, 0.3) is 0 Å². The van der Waals surface area contributed by atoms with E-state index in [1.165, 1.54) is 43.7 Å². The SMILES string of the molecule is COC1(OC)CC=CC=C1c1ccccc1P(c1cc(C)cc(C)c1)c1cc(C)cc(C)c1. The van der Waals surface area contributed by atoms with E-state index in [-0.39, 0.29) is 0 Å². The quantitative estimate of drug-likeness (QED) is 0.334. The molecule has 0 amide bonds. The molecule has 0 unspecified atom stereocenters. The highest BCUT2D eigenvalue weighted by molar-refractivity contribution is 7.80. The third-order valence-corrected chi connectivity index (χ3v) is 8.64. The van der Waals surface area contributed by atoms with Crippen LogP contribution in [0.4, 0.5) is 0 Å². The fourth-order valence-corrected chi connectivity index (χ4v) is 7.73. The zero-order valence-electron chi connectivity index (χ0n) is 20.5. The van der Waals surface area contributed by atoms with Crippen molar-refractivity contribution in [3.63, 3.8) is 0 Å². The molecular weight excluding hydrogens is 423 g/mol. The number of aryl methyl sites for hydroxylation is 4. The van der Waals surface area contributed by atoms with Crippen LogP contribution in [0.3, 0.4) is 0 Å². The van der Waals surface area contributed by atoms with Gasteiger partial charge in [-0.25, -0.2) is 0 Å². The van der Waals surface area contributed by atoms with Gasteiger partial charge in [-0.05, 0) is 57.1 Å². The summed E-state index contributed by atoms with van der Waals surface area (Å²) in [7, 11) is 2.68. The fourth-order valence-electron chi connectivity index (χ4n) is 4.87. The predicted molar refractivity (Wildman–Crippen MR) is 143 cm³/mol. The second kappa shape index (κ2) is 9.77. The van der Waals surface area contributed by atoms with E-state index in [1.807, 2.05) is 0 Å². The van der Waals surface area contributed by atoms with Crippen LogP contribution in [0.5, 0.6) is 0 Å². The summed E-state index contributed by atoms with van der Waals surface area (Å²) in [5, 5.41) is 4.06. The Morgan fingerprint density at radius 2 is 1.24 bits per heavy atom. The van der Waals surface area contributed by atoms with Crippen molar-refractivity contribution in [2.75, 3.05) is 14.2 Å². The number of rotatable bonds is 6. The van der Waals surface area contributed by atoms with Crippen molar-refractivity contribution in [1.82, 2.24) is 0 Å². The van der Waals surface area contributed by atoms with Crippen LogP contribution in [-0.2, 0) is 9.47 Å². The summed E-state index contributed by atoms with van der Waals surface area (Å²) in [5.41, 5.74) is 7.44. The third-order valence-electron chi connectivity index (χ3n) is 6.22. The normalized spacial score (nSPS) is 15.1. The summed E-state index contributed by atoms with van der Waals surface area (Å²) >= 11 is 0. The van der Waals surface area contributed by atoms with Gasteiger partial charge in [0, 0.05) is 26.2 Å². The molecule has 1 aliphatic carbocycles. The summed E-state index contributed by atoms with van der Waals surface area (Å²) in [6.07, 6.45) is 7.05. The van der Waals surface area contributed by atoms with Crippen LogP contribution >= 0.6 is 7.92 Å². The Kier molecular flexibility index (Phi) is 7.00. The topological polar surface area (TPSA) is 18.5 Å². The molecule has 0 radical (unpaired) electrons. The summed E-state index contributed by atoms with van der Waals surface area (Å²) in [4.78, 5) is 0. The number of methoxy groups -OCH3 is 2. The standard InChI is InChI=1S/C30H33O2P/c1-21-15-22(2)18-25(17-21)33(26-19-23(3)16-24(4)20-26)29-13-8-7-11-27(29)28-12-9-10-14-30(28,31-5)32-6/h7-13,15-20H,14H2,1-6H3. The van der Waals surface area contributed by atoms with Gasteiger partial charge in [0.05, 0.1) is 0 Å². The van der Waals surface area contributed by atoms with Crippen molar-refractivity contribution < 1.29 is 9.47 Å². The second-order valence-corrected chi connectivity index (χ2v) is 11.1. The predicted octanol–water partition coefficient (Wildman–Crippen LogP) is 6.01. The van der Waals surface area contributed by atoms with E-state index in [4.69, 9.17) is 9.47 Å². The number of hydrogen-bond acceptors (Lipinski definition) is 2. The molecule has 33 heavy (non-hydrogen) atoms. The Morgan fingerprint density at radius 3 is 1.76 bits per heavy atom. The molecule has 0 aromatic heterocycles. The van der Waals surface area contributed by atoms with Crippen LogP contribution in [0, 0.1) is 27.7 Å². The van der Waals surface area contributed by atoms with E-state index in [0.717, 1.165) is 5.57 Å². The molecule has 3 heteroatoms. The van der Waals surface area contributed by atoms with Gasteiger partial charge >= 0.3 is 0 Å². The Morgan fingerprint density at radius 1 is 0.727 bits per heavy atom. The summed E-state index contributed by atoms with van der Waals surface area (Å²) in [6.45, 7) is 8.75. The lowest BCUT2D eigenvalue weighted by molar-refractivity contribution is -0.159. The Hall–Kier alpha value is -2.51. The second-order valence-electron chi connectivity index (χ2n) is 8.92. The van der Waals surface area contributed by atoms with E-state index in [0.29, 0.717) is 6.42 Å². The molecule has 0 atom stereocenters. The highest BCUT2D eigenvalue weighted by Crippen LogP contribution is 2.42. The van der Waals surface area contributed by atoms with Crippen LogP contribution in [0.1, 0.15) is 34.2 Å². The van der Waals surface area contributed by atoms with Gasteiger partial charge in [0.15, 0.2) is 5.79 Å². The van der Waals surface area contributed by atoms with Crippen LogP contribution in [0.25, 0.3) is 5.57 Å². The maximum absolute atomic E-state index is 5.98. The van der Waals surface area contributed by atoms with Gasteiger partial charge in [-0.1, -0.05) is 101 Å². The molecule has 170 valence electrons. The van der Waals surface area contributed by atoms with Gasteiger partial charge in [-0.2, -0.15) is 0 Å². The number of ether oxygens (including phenoxy) is 2. The highest BCUT2D eigenvalue weighted by atomic mass is 31.1. The first kappa shape index (κ1) is 23.6. The lowest BCUT2D eigenvalue weighted by Crippen LogP contribution is -2.37. The largest absolute Gasteiger partial charge is 0.349 e. The molecule has 3 aromatic carbocycles. The van der Waals surface area contributed by atoms with Crippen molar-refractivity contribution in [2.24, 2.45) is 0 Å². The first-order valence-electron chi connectivity index (χ1n) is 11.4. The van der Waals surface area contributed by atoms with Gasteiger partial charge in [0.2, 0.25) is 0 Å². The van der Waals surface area contributed by atoms with Crippen LogP contribution in [-0.4, -0.2) is 20.0 Å². The number of allylic oxidation sites excluding steroid dienone is 2. The number of hydrogen-bond donors (Lipinski definition) is 0. The van der Waals surface area contributed by atoms with E-state index in [1.54, 1.807) is 14.2 Å². The molecule has 0 saturated heterocycles.